The molecule has 1 unspecified atom stereocenters. The average Bonchev–Trinajstić information content (AvgIpc) is 3.11. The van der Waals surface area contributed by atoms with Crippen molar-refractivity contribution in [2.45, 2.75) is 45.3 Å². The number of carboxylic acid groups (broad SMARTS) is 1. The standard InChI is InChI=1S/C21H21FO4/c1-21(2)10-15-7-17(22)8-16(19(15)26-21)11-25-18-4-3-12-5-14(20(23)24)6-13(12)9-18/h3-4,7-9,14H,5-6,10-11H2,1-2H3,(H,23,24). The number of carboxylic acids is 1. The van der Waals surface area contributed by atoms with Crippen LogP contribution in [0.15, 0.2) is 30.3 Å². The molecule has 1 N–H and O–H groups in total. The predicted molar refractivity (Wildman–Crippen MR) is 94.1 cm³/mol. The Bertz CT molecular complexity index is 888. The first-order valence-electron chi connectivity index (χ1n) is 8.78. The summed E-state index contributed by atoms with van der Waals surface area (Å²) >= 11 is 0. The molecular weight excluding hydrogens is 335 g/mol. The minimum absolute atomic E-state index is 0.206. The fourth-order valence-corrected chi connectivity index (χ4v) is 3.87. The van der Waals surface area contributed by atoms with Gasteiger partial charge >= 0.3 is 5.97 Å². The summed E-state index contributed by atoms with van der Waals surface area (Å²) in [6.45, 7) is 4.17. The Morgan fingerprint density at radius 2 is 2.00 bits per heavy atom. The van der Waals surface area contributed by atoms with E-state index in [1.807, 2.05) is 32.0 Å². The molecule has 2 aromatic rings. The zero-order chi connectivity index (χ0) is 18.5. The van der Waals surface area contributed by atoms with Crippen LogP contribution < -0.4 is 9.47 Å². The highest BCUT2D eigenvalue weighted by Crippen LogP contribution is 2.39. The smallest absolute Gasteiger partial charge is 0.307 e. The maximum absolute atomic E-state index is 13.9. The van der Waals surface area contributed by atoms with Gasteiger partial charge in [-0.3, -0.25) is 4.79 Å². The molecule has 4 nitrogen and oxygen atoms in total. The predicted octanol–water partition coefficient (Wildman–Crippen LogP) is 3.92. The molecule has 26 heavy (non-hydrogen) atoms. The first-order chi connectivity index (χ1) is 12.3. The third-order valence-electron chi connectivity index (χ3n) is 5.06. The molecule has 0 spiro atoms. The van der Waals surface area contributed by atoms with Gasteiger partial charge in [-0.05, 0) is 62.1 Å². The van der Waals surface area contributed by atoms with Crippen LogP contribution in [0.2, 0.25) is 0 Å². The summed E-state index contributed by atoms with van der Waals surface area (Å²) < 4.78 is 25.8. The molecule has 0 radical (unpaired) electrons. The van der Waals surface area contributed by atoms with Gasteiger partial charge in [-0.25, -0.2) is 4.39 Å². The molecule has 0 amide bonds. The van der Waals surface area contributed by atoms with Crippen molar-refractivity contribution in [2.75, 3.05) is 0 Å². The molecule has 2 aromatic carbocycles. The van der Waals surface area contributed by atoms with Crippen molar-refractivity contribution in [3.05, 3.63) is 58.4 Å². The van der Waals surface area contributed by atoms with Crippen LogP contribution in [0.3, 0.4) is 0 Å². The normalized spacial score (nSPS) is 19.6. The summed E-state index contributed by atoms with van der Waals surface area (Å²) in [6.07, 6.45) is 1.75. The molecule has 0 saturated carbocycles. The molecule has 0 bridgehead atoms. The number of rotatable bonds is 4. The Labute approximate surface area is 151 Å². The van der Waals surface area contributed by atoms with Crippen molar-refractivity contribution < 1.29 is 23.8 Å². The number of ether oxygens (including phenoxy) is 2. The van der Waals surface area contributed by atoms with Gasteiger partial charge in [-0.1, -0.05) is 6.07 Å². The fourth-order valence-electron chi connectivity index (χ4n) is 3.87. The zero-order valence-corrected chi connectivity index (χ0v) is 14.8. The lowest BCUT2D eigenvalue weighted by Crippen LogP contribution is -2.25. The molecule has 5 heteroatoms. The molecule has 4 rings (SSSR count). The third kappa shape index (κ3) is 3.14. The molecule has 0 saturated heterocycles. The van der Waals surface area contributed by atoms with E-state index in [1.165, 1.54) is 12.1 Å². The van der Waals surface area contributed by atoms with Gasteiger partial charge < -0.3 is 14.6 Å². The summed E-state index contributed by atoms with van der Waals surface area (Å²) in [5.41, 5.74) is 3.28. The lowest BCUT2D eigenvalue weighted by Gasteiger charge is -2.18. The Hall–Kier alpha value is -2.56. The summed E-state index contributed by atoms with van der Waals surface area (Å²) in [6, 6.07) is 8.63. The Morgan fingerprint density at radius 1 is 1.23 bits per heavy atom. The molecule has 1 aliphatic heterocycles. The second-order valence-electron chi connectivity index (χ2n) is 7.75. The number of carbonyl (C=O) groups is 1. The van der Waals surface area contributed by atoms with Crippen molar-refractivity contribution in [3.8, 4) is 11.5 Å². The van der Waals surface area contributed by atoms with Crippen LogP contribution in [0.25, 0.3) is 0 Å². The Morgan fingerprint density at radius 3 is 2.77 bits per heavy atom. The minimum atomic E-state index is -0.765. The monoisotopic (exact) mass is 356 g/mol. The first-order valence-corrected chi connectivity index (χ1v) is 8.78. The SMILES string of the molecule is CC1(C)Cc2cc(F)cc(COc3ccc4c(c3)CC(C(=O)O)C4)c2O1. The number of hydrogen-bond donors (Lipinski definition) is 1. The van der Waals surface area contributed by atoms with Gasteiger partial charge in [0.2, 0.25) is 0 Å². The zero-order valence-electron chi connectivity index (χ0n) is 14.8. The number of fused-ring (bicyclic) bond motifs is 2. The lowest BCUT2D eigenvalue weighted by atomic mass is 10.0. The van der Waals surface area contributed by atoms with Crippen LogP contribution in [0.1, 0.15) is 36.1 Å². The third-order valence-corrected chi connectivity index (χ3v) is 5.06. The van der Waals surface area contributed by atoms with Crippen molar-refractivity contribution >= 4 is 5.97 Å². The van der Waals surface area contributed by atoms with Gasteiger partial charge in [-0.15, -0.1) is 0 Å². The highest BCUT2D eigenvalue weighted by Gasteiger charge is 2.32. The van der Waals surface area contributed by atoms with E-state index < -0.39 is 5.97 Å². The Balaban J connectivity index is 1.52. The summed E-state index contributed by atoms with van der Waals surface area (Å²) in [5, 5.41) is 9.18. The molecule has 0 aromatic heterocycles. The van der Waals surface area contributed by atoms with Crippen LogP contribution in [-0.4, -0.2) is 16.7 Å². The van der Waals surface area contributed by atoms with E-state index in [0.29, 0.717) is 36.3 Å². The van der Waals surface area contributed by atoms with Crippen LogP contribution in [0.4, 0.5) is 4.39 Å². The number of aliphatic carboxylic acids is 1. The van der Waals surface area contributed by atoms with E-state index >= 15 is 0 Å². The van der Waals surface area contributed by atoms with Gasteiger partial charge in [0.15, 0.2) is 0 Å². The van der Waals surface area contributed by atoms with Crippen molar-refractivity contribution in [1.82, 2.24) is 0 Å². The molecule has 136 valence electrons. The van der Waals surface area contributed by atoms with E-state index in [0.717, 1.165) is 16.7 Å². The molecule has 0 fully saturated rings. The molecule has 1 aliphatic carbocycles. The molecule has 1 atom stereocenters. The Kier molecular flexibility index (Phi) is 3.90. The summed E-state index contributed by atoms with van der Waals surface area (Å²) in [5.74, 6) is -0.0448. The van der Waals surface area contributed by atoms with Crippen LogP contribution in [0.5, 0.6) is 11.5 Å². The summed E-state index contributed by atoms with van der Waals surface area (Å²) in [7, 11) is 0. The molecule has 1 heterocycles. The van der Waals surface area contributed by atoms with Gasteiger partial charge in [0.25, 0.3) is 0 Å². The van der Waals surface area contributed by atoms with Crippen molar-refractivity contribution in [3.63, 3.8) is 0 Å². The largest absolute Gasteiger partial charge is 0.489 e. The van der Waals surface area contributed by atoms with Crippen molar-refractivity contribution in [2.24, 2.45) is 5.92 Å². The van der Waals surface area contributed by atoms with Gasteiger partial charge in [-0.2, -0.15) is 0 Å². The number of halogens is 1. The summed E-state index contributed by atoms with van der Waals surface area (Å²) in [4.78, 5) is 11.2. The molecular formula is C21H21FO4. The van der Waals surface area contributed by atoms with Crippen LogP contribution in [-0.2, 0) is 30.7 Å². The second-order valence-corrected chi connectivity index (χ2v) is 7.75. The quantitative estimate of drug-likeness (QED) is 0.902. The maximum Gasteiger partial charge on any atom is 0.307 e. The van der Waals surface area contributed by atoms with Gasteiger partial charge in [0, 0.05) is 17.5 Å². The topological polar surface area (TPSA) is 55.8 Å². The minimum Gasteiger partial charge on any atom is -0.489 e. The van der Waals surface area contributed by atoms with Crippen LogP contribution in [0, 0.1) is 11.7 Å². The van der Waals surface area contributed by atoms with E-state index in [-0.39, 0.29) is 23.9 Å². The van der Waals surface area contributed by atoms with Gasteiger partial charge in [0.05, 0.1) is 5.92 Å². The van der Waals surface area contributed by atoms with Gasteiger partial charge in [0.1, 0.15) is 29.5 Å². The van der Waals surface area contributed by atoms with E-state index in [2.05, 4.69) is 0 Å². The van der Waals surface area contributed by atoms with E-state index in [1.54, 1.807) is 0 Å². The lowest BCUT2D eigenvalue weighted by molar-refractivity contribution is -0.141. The van der Waals surface area contributed by atoms with Crippen LogP contribution >= 0.6 is 0 Å². The fraction of sp³-hybridized carbons (Fsp3) is 0.381. The average molecular weight is 356 g/mol. The highest BCUT2D eigenvalue weighted by molar-refractivity contribution is 5.72. The van der Waals surface area contributed by atoms with Crippen molar-refractivity contribution in [1.29, 1.82) is 0 Å². The van der Waals surface area contributed by atoms with E-state index in [9.17, 15) is 14.3 Å². The second kappa shape index (κ2) is 6.01. The number of hydrogen-bond acceptors (Lipinski definition) is 3. The molecule has 2 aliphatic rings. The number of benzene rings is 2. The highest BCUT2D eigenvalue weighted by atomic mass is 19.1. The van der Waals surface area contributed by atoms with E-state index in [4.69, 9.17) is 9.47 Å². The maximum atomic E-state index is 13.9. The first kappa shape index (κ1) is 16.9.